The summed E-state index contributed by atoms with van der Waals surface area (Å²) in [5.41, 5.74) is 0.671. The Morgan fingerprint density at radius 3 is 2.21 bits per heavy atom. The van der Waals surface area contributed by atoms with Crippen molar-refractivity contribution in [3.05, 3.63) is 42.0 Å². The van der Waals surface area contributed by atoms with Crippen LogP contribution in [0.5, 0.6) is 0 Å². The summed E-state index contributed by atoms with van der Waals surface area (Å²) in [6.45, 7) is 0.970. The van der Waals surface area contributed by atoms with E-state index in [1.807, 2.05) is 12.2 Å². The molecule has 6 rings (SSSR count). The van der Waals surface area contributed by atoms with Crippen molar-refractivity contribution in [2.45, 2.75) is 19.5 Å². The number of carbonyl (C=O) groups is 3. The molecule has 5 aliphatic rings. The predicted octanol–water partition coefficient (Wildman–Crippen LogP) is 2.90. The van der Waals surface area contributed by atoms with Crippen LogP contribution in [0.25, 0.3) is 0 Å². The number of anilines is 1. The Morgan fingerprint density at radius 1 is 1.10 bits per heavy atom. The van der Waals surface area contributed by atoms with Crippen molar-refractivity contribution in [3.63, 3.8) is 0 Å². The lowest BCUT2D eigenvalue weighted by Gasteiger charge is -2.37. The topological polar surface area (TPSA) is 57.7 Å². The minimum atomic E-state index is -5.12. The van der Waals surface area contributed by atoms with Gasteiger partial charge in [0.25, 0.3) is 0 Å². The summed E-state index contributed by atoms with van der Waals surface area (Å²) >= 11 is 0. The van der Waals surface area contributed by atoms with E-state index in [0.717, 1.165) is 11.3 Å². The van der Waals surface area contributed by atoms with Crippen LogP contribution in [0.1, 0.15) is 12.0 Å². The number of hydrogen-bond acceptors (Lipinski definition) is 3. The van der Waals surface area contributed by atoms with Crippen molar-refractivity contribution in [2.24, 2.45) is 35.5 Å². The highest BCUT2D eigenvalue weighted by molar-refractivity contribution is 6.07. The molecule has 0 spiro atoms. The van der Waals surface area contributed by atoms with E-state index >= 15 is 0 Å². The number of benzene rings is 1. The summed E-state index contributed by atoms with van der Waals surface area (Å²) in [5, 5.41) is 0. The molecule has 0 N–H and O–H groups in total. The van der Waals surface area contributed by atoms with E-state index in [4.69, 9.17) is 0 Å². The molecule has 1 heterocycles. The Balaban J connectivity index is 1.47. The number of rotatable bonds is 3. The molecule has 0 unspecified atom stereocenters. The predicted molar refractivity (Wildman–Crippen MR) is 96.1 cm³/mol. The van der Waals surface area contributed by atoms with Gasteiger partial charge in [-0.1, -0.05) is 24.3 Å². The van der Waals surface area contributed by atoms with Crippen LogP contribution in [-0.4, -0.2) is 35.5 Å². The van der Waals surface area contributed by atoms with E-state index in [0.29, 0.717) is 22.3 Å². The number of imide groups is 1. The molecule has 152 valence electrons. The maximum absolute atomic E-state index is 13.3. The molecule has 4 aliphatic carbocycles. The summed E-state index contributed by atoms with van der Waals surface area (Å²) in [4.78, 5) is 39.6. The number of amides is 3. The minimum Gasteiger partial charge on any atom is -0.286 e. The first kappa shape index (κ1) is 18.4. The molecule has 5 nitrogen and oxygen atoms in total. The summed E-state index contributed by atoms with van der Waals surface area (Å²) in [6, 6.07) is 6.03. The Hall–Kier alpha value is -2.64. The van der Waals surface area contributed by atoms with Crippen LogP contribution >= 0.6 is 0 Å². The van der Waals surface area contributed by atoms with Crippen LogP contribution in [0.3, 0.4) is 0 Å². The van der Waals surface area contributed by atoms with Crippen LogP contribution in [0, 0.1) is 42.4 Å². The highest BCUT2D eigenvalue weighted by Gasteiger charge is 2.67. The minimum absolute atomic E-state index is 0.00624. The summed E-state index contributed by atoms with van der Waals surface area (Å²) < 4.78 is 39.8. The van der Waals surface area contributed by atoms with Gasteiger partial charge in [0.15, 0.2) is 0 Å². The molecule has 3 fully saturated rings. The molecule has 2 bridgehead atoms. The van der Waals surface area contributed by atoms with Crippen molar-refractivity contribution < 1.29 is 27.6 Å². The van der Waals surface area contributed by atoms with Gasteiger partial charge in [-0.15, -0.1) is 0 Å². The largest absolute Gasteiger partial charge is 0.471 e. The van der Waals surface area contributed by atoms with Crippen LogP contribution in [0.4, 0.5) is 18.9 Å². The maximum atomic E-state index is 13.3. The SMILES string of the molecule is Cc1cccc(N(CN2C(=O)[C@@H]3[C@H]4C=C[C@@H]([C@@H]5C[C@@H]45)[C@@H]3C2=O)C(=O)C(F)(F)F)c1. The third-order valence-corrected chi connectivity index (χ3v) is 6.84. The molecule has 8 heteroatoms. The number of alkyl halides is 3. The van der Waals surface area contributed by atoms with Gasteiger partial charge < -0.3 is 0 Å². The van der Waals surface area contributed by atoms with E-state index < -0.39 is 42.4 Å². The summed E-state index contributed by atoms with van der Waals surface area (Å²) in [6.07, 6.45) is -0.135. The quantitative estimate of drug-likeness (QED) is 0.575. The molecule has 1 aromatic rings. The third kappa shape index (κ3) is 2.64. The normalized spacial score (nSPS) is 34.3. The molecular formula is C21H19F3N2O3. The fraction of sp³-hybridized carbons (Fsp3) is 0.476. The fourth-order valence-corrected chi connectivity index (χ4v) is 5.51. The Kier molecular flexibility index (Phi) is 3.76. The number of likely N-dealkylation sites (tertiary alicyclic amines) is 1. The molecule has 29 heavy (non-hydrogen) atoms. The summed E-state index contributed by atoms with van der Waals surface area (Å²) in [7, 11) is 0. The zero-order valence-corrected chi connectivity index (χ0v) is 15.6. The van der Waals surface area contributed by atoms with E-state index in [-0.39, 0.29) is 17.5 Å². The molecule has 1 aromatic carbocycles. The third-order valence-electron chi connectivity index (χ3n) is 6.84. The second-order valence-electron chi connectivity index (χ2n) is 8.47. The van der Waals surface area contributed by atoms with Crippen LogP contribution < -0.4 is 4.90 Å². The smallest absolute Gasteiger partial charge is 0.286 e. The second kappa shape index (κ2) is 5.93. The van der Waals surface area contributed by atoms with Gasteiger partial charge in [0.1, 0.15) is 6.67 Å². The van der Waals surface area contributed by atoms with Crippen LogP contribution in [0.2, 0.25) is 0 Å². The Morgan fingerprint density at radius 2 is 1.69 bits per heavy atom. The highest BCUT2D eigenvalue weighted by Crippen LogP contribution is 2.65. The van der Waals surface area contributed by atoms with E-state index in [1.165, 1.54) is 18.2 Å². The first-order chi connectivity index (χ1) is 13.7. The molecular weight excluding hydrogens is 385 g/mol. The molecule has 1 aliphatic heterocycles. The van der Waals surface area contributed by atoms with Crippen molar-refractivity contribution >= 4 is 23.4 Å². The van der Waals surface area contributed by atoms with E-state index in [9.17, 15) is 27.6 Å². The summed E-state index contributed by atoms with van der Waals surface area (Å²) in [5.74, 6) is -3.30. The molecule has 2 saturated carbocycles. The number of hydrogen-bond donors (Lipinski definition) is 0. The average molecular weight is 404 g/mol. The van der Waals surface area contributed by atoms with Crippen LogP contribution in [0.15, 0.2) is 36.4 Å². The van der Waals surface area contributed by atoms with E-state index in [2.05, 4.69) is 0 Å². The number of aryl methyl sites for hydroxylation is 1. The van der Waals surface area contributed by atoms with Crippen molar-refractivity contribution in [2.75, 3.05) is 11.6 Å². The van der Waals surface area contributed by atoms with Crippen molar-refractivity contribution in [3.8, 4) is 0 Å². The van der Waals surface area contributed by atoms with Gasteiger partial charge in [-0.25, -0.2) is 0 Å². The van der Waals surface area contributed by atoms with Gasteiger partial charge in [0.2, 0.25) is 11.8 Å². The molecule has 6 atom stereocenters. The van der Waals surface area contributed by atoms with Gasteiger partial charge >= 0.3 is 12.1 Å². The number of nitrogens with zero attached hydrogens (tertiary/aromatic N) is 2. The van der Waals surface area contributed by atoms with Gasteiger partial charge in [-0.05, 0) is 54.7 Å². The number of carbonyl (C=O) groups excluding carboxylic acids is 3. The zero-order valence-electron chi connectivity index (χ0n) is 15.6. The van der Waals surface area contributed by atoms with Gasteiger partial charge in [-0.3, -0.25) is 24.2 Å². The lowest BCUT2D eigenvalue weighted by Crippen LogP contribution is -2.49. The van der Waals surface area contributed by atoms with Gasteiger partial charge in [0, 0.05) is 5.69 Å². The lowest BCUT2D eigenvalue weighted by atomic mass is 9.63. The number of allylic oxidation sites excluding steroid dienone is 2. The lowest BCUT2D eigenvalue weighted by molar-refractivity contribution is -0.171. The maximum Gasteiger partial charge on any atom is 0.471 e. The Bertz CT molecular complexity index is 921. The van der Waals surface area contributed by atoms with Gasteiger partial charge in [0.05, 0.1) is 11.8 Å². The average Bonchev–Trinajstić information content (AvgIpc) is 3.44. The highest BCUT2D eigenvalue weighted by atomic mass is 19.4. The zero-order chi connectivity index (χ0) is 20.7. The standard InChI is InChI=1S/C21H19F3N2O3/c1-10-3-2-4-11(7-10)25(20(29)21(22,23)24)9-26-18(27)16-12-5-6-13(15-8-14(12)15)17(16)19(26)28/h2-7,12-17H,8-9H2,1H3/t12-,13-,14-,15-,16-,17+/m0/s1. The fourth-order valence-electron chi connectivity index (χ4n) is 5.51. The first-order valence-corrected chi connectivity index (χ1v) is 9.67. The molecule has 0 radical (unpaired) electrons. The van der Waals surface area contributed by atoms with Crippen molar-refractivity contribution in [1.29, 1.82) is 0 Å². The van der Waals surface area contributed by atoms with Gasteiger partial charge in [-0.2, -0.15) is 13.2 Å². The monoisotopic (exact) mass is 404 g/mol. The van der Waals surface area contributed by atoms with E-state index in [1.54, 1.807) is 13.0 Å². The Labute approximate surface area is 165 Å². The van der Waals surface area contributed by atoms with Crippen LogP contribution in [-0.2, 0) is 14.4 Å². The molecule has 0 aromatic heterocycles. The van der Waals surface area contributed by atoms with Crippen molar-refractivity contribution in [1.82, 2.24) is 4.90 Å². The number of halogens is 3. The molecule has 1 saturated heterocycles. The first-order valence-electron chi connectivity index (χ1n) is 9.67. The molecule has 3 amide bonds. The second-order valence-corrected chi connectivity index (χ2v) is 8.47.